The summed E-state index contributed by atoms with van der Waals surface area (Å²) in [7, 11) is 1.66. The molecule has 2 aromatic rings. The van der Waals surface area contributed by atoms with E-state index in [1.807, 2.05) is 30.0 Å². The van der Waals surface area contributed by atoms with Gasteiger partial charge in [0.15, 0.2) is 0 Å². The van der Waals surface area contributed by atoms with E-state index in [2.05, 4.69) is 11.1 Å². The molecule has 1 aromatic carbocycles. The quantitative estimate of drug-likeness (QED) is 0.861. The molecule has 4 nitrogen and oxygen atoms in total. The van der Waals surface area contributed by atoms with E-state index in [9.17, 15) is 4.79 Å². The van der Waals surface area contributed by atoms with E-state index < -0.39 is 0 Å². The highest BCUT2D eigenvalue weighted by molar-refractivity contribution is 5.96. The predicted molar refractivity (Wildman–Crippen MR) is 79.3 cm³/mol. The SMILES string of the molecule is CCCC(=O)N1CCc2cc3cc(OC)ccc3nc21. The number of anilines is 1. The van der Waals surface area contributed by atoms with Crippen molar-refractivity contribution in [2.45, 2.75) is 26.2 Å². The van der Waals surface area contributed by atoms with Gasteiger partial charge in [-0.15, -0.1) is 0 Å². The number of methoxy groups -OCH3 is 1. The Morgan fingerprint density at radius 2 is 2.25 bits per heavy atom. The van der Waals surface area contributed by atoms with Gasteiger partial charge >= 0.3 is 0 Å². The summed E-state index contributed by atoms with van der Waals surface area (Å²) in [6.07, 6.45) is 2.34. The third-order valence-corrected chi connectivity index (χ3v) is 3.70. The van der Waals surface area contributed by atoms with Gasteiger partial charge in [0.1, 0.15) is 11.6 Å². The molecule has 1 aliphatic rings. The molecular formula is C16H18N2O2. The second-order valence-corrected chi connectivity index (χ2v) is 5.08. The highest BCUT2D eigenvalue weighted by Gasteiger charge is 2.25. The molecule has 1 aliphatic heterocycles. The molecule has 0 saturated carbocycles. The lowest BCUT2D eigenvalue weighted by Gasteiger charge is -2.16. The van der Waals surface area contributed by atoms with E-state index in [0.29, 0.717) is 6.42 Å². The van der Waals surface area contributed by atoms with E-state index >= 15 is 0 Å². The predicted octanol–water partition coefficient (Wildman–Crippen LogP) is 2.93. The number of carbonyl (C=O) groups excluding carboxylic acids is 1. The Kier molecular flexibility index (Phi) is 3.30. The van der Waals surface area contributed by atoms with Crippen molar-refractivity contribution in [3.05, 3.63) is 29.8 Å². The van der Waals surface area contributed by atoms with E-state index in [1.54, 1.807) is 7.11 Å². The Hall–Kier alpha value is -2.10. The fraction of sp³-hybridized carbons (Fsp3) is 0.375. The zero-order valence-corrected chi connectivity index (χ0v) is 11.8. The molecule has 2 heterocycles. The molecule has 4 heteroatoms. The first-order valence-corrected chi connectivity index (χ1v) is 7.01. The van der Waals surface area contributed by atoms with Crippen molar-refractivity contribution in [1.82, 2.24) is 4.98 Å². The van der Waals surface area contributed by atoms with Crippen LogP contribution in [-0.4, -0.2) is 24.5 Å². The van der Waals surface area contributed by atoms with Crippen molar-refractivity contribution >= 4 is 22.6 Å². The van der Waals surface area contributed by atoms with E-state index in [0.717, 1.165) is 47.4 Å². The number of nitrogens with zero attached hydrogens (tertiary/aromatic N) is 2. The Labute approximate surface area is 118 Å². The lowest BCUT2D eigenvalue weighted by atomic mass is 10.1. The first-order chi connectivity index (χ1) is 9.72. The zero-order valence-electron chi connectivity index (χ0n) is 11.8. The second-order valence-electron chi connectivity index (χ2n) is 5.08. The number of amides is 1. The van der Waals surface area contributed by atoms with Gasteiger partial charge in [0.25, 0.3) is 0 Å². The average molecular weight is 270 g/mol. The molecule has 0 spiro atoms. The largest absolute Gasteiger partial charge is 0.497 e. The molecule has 0 N–H and O–H groups in total. The number of carbonyl (C=O) groups is 1. The van der Waals surface area contributed by atoms with Crippen LogP contribution in [0.4, 0.5) is 5.82 Å². The molecule has 0 radical (unpaired) electrons. The first-order valence-electron chi connectivity index (χ1n) is 7.01. The fourth-order valence-electron chi connectivity index (χ4n) is 2.66. The first kappa shape index (κ1) is 12.9. The maximum atomic E-state index is 12.1. The average Bonchev–Trinajstić information content (AvgIpc) is 2.87. The van der Waals surface area contributed by atoms with Gasteiger partial charge in [-0.2, -0.15) is 0 Å². The standard InChI is InChI=1S/C16H18N2O2/c1-3-4-15(19)18-8-7-11-9-12-10-13(20-2)5-6-14(12)17-16(11)18/h5-6,9-10H,3-4,7-8H2,1-2H3. The van der Waals surface area contributed by atoms with Crippen LogP contribution in [0.5, 0.6) is 5.75 Å². The van der Waals surface area contributed by atoms with Crippen LogP contribution in [0.2, 0.25) is 0 Å². The molecule has 3 rings (SSSR count). The number of hydrogen-bond donors (Lipinski definition) is 0. The zero-order chi connectivity index (χ0) is 14.1. The van der Waals surface area contributed by atoms with Gasteiger partial charge < -0.3 is 4.74 Å². The Bertz CT molecular complexity index is 667. The van der Waals surface area contributed by atoms with Gasteiger partial charge in [-0.25, -0.2) is 4.98 Å². The Morgan fingerprint density at radius 1 is 1.40 bits per heavy atom. The van der Waals surface area contributed by atoms with Gasteiger partial charge in [-0.1, -0.05) is 6.92 Å². The number of benzene rings is 1. The number of hydrogen-bond acceptors (Lipinski definition) is 3. The minimum absolute atomic E-state index is 0.173. The number of ether oxygens (including phenoxy) is 1. The topological polar surface area (TPSA) is 42.4 Å². The van der Waals surface area contributed by atoms with Crippen molar-refractivity contribution < 1.29 is 9.53 Å². The highest BCUT2D eigenvalue weighted by atomic mass is 16.5. The molecule has 0 bridgehead atoms. The number of rotatable bonds is 3. The minimum atomic E-state index is 0.173. The molecule has 0 saturated heterocycles. The second kappa shape index (κ2) is 5.12. The summed E-state index contributed by atoms with van der Waals surface area (Å²) in [6.45, 7) is 2.77. The molecule has 0 atom stereocenters. The van der Waals surface area contributed by atoms with Crippen LogP contribution in [-0.2, 0) is 11.2 Å². The smallest absolute Gasteiger partial charge is 0.228 e. The molecule has 104 valence electrons. The van der Waals surface area contributed by atoms with Crippen molar-refractivity contribution in [3.8, 4) is 5.75 Å². The Morgan fingerprint density at radius 3 is 3.00 bits per heavy atom. The van der Waals surface area contributed by atoms with Crippen molar-refractivity contribution in [2.24, 2.45) is 0 Å². The lowest BCUT2D eigenvalue weighted by Crippen LogP contribution is -2.29. The van der Waals surface area contributed by atoms with Crippen molar-refractivity contribution in [3.63, 3.8) is 0 Å². The molecule has 1 amide bonds. The minimum Gasteiger partial charge on any atom is -0.497 e. The van der Waals surface area contributed by atoms with Crippen LogP contribution in [0, 0.1) is 0 Å². The number of fused-ring (bicyclic) bond motifs is 2. The molecule has 0 fully saturated rings. The van der Waals surface area contributed by atoms with Crippen LogP contribution in [0.3, 0.4) is 0 Å². The van der Waals surface area contributed by atoms with E-state index in [1.165, 1.54) is 0 Å². The molecule has 20 heavy (non-hydrogen) atoms. The van der Waals surface area contributed by atoms with Crippen molar-refractivity contribution in [2.75, 3.05) is 18.6 Å². The number of aromatic nitrogens is 1. The summed E-state index contributed by atoms with van der Waals surface area (Å²) in [5.74, 6) is 1.84. The lowest BCUT2D eigenvalue weighted by molar-refractivity contribution is -0.118. The van der Waals surface area contributed by atoms with Gasteiger partial charge in [-0.3, -0.25) is 9.69 Å². The Balaban J connectivity index is 2.03. The van der Waals surface area contributed by atoms with E-state index in [-0.39, 0.29) is 5.91 Å². The maximum absolute atomic E-state index is 12.1. The summed E-state index contributed by atoms with van der Waals surface area (Å²) in [4.78, 5) is 18.6. The van der Waals surface area contributed by atoms with Gasteiger partial charge in [0.2, 0.25) is 5.91 Å². The summed E-state index contributed by atoms with van der Waals surface area (Å²) >= 11 is 0. The highest BCUT2D eigenvalue weighted by Crippen LogP contribution is 2.31. The third-order valence-electron chi connectivity index (χ3n) is 3.70. The summed E-state index contributed by atoms with van der Waals surface area (Å²) in [5.41, 5.74) is 2.05. The third kappa shape index (κ3) is 2.11. The van der Waals surface area contributed by atoms with Crippen LogP contribution in [0.1, 0.15) is 25.3 Å². The summed E-state index contributed by atoms with van der Waals surface area (Å²) in [5, 5.41) is 1.06. The molecule has 1 aromatic heterocycles. The van der Waals surface area contributed by atoms with Crippen molar-refractivity contribution in [1.29, 1.82) is 0 Å². The molecule has 0 unspecified atom stereocenters. The van der Waals surface area contributed by atoms with Crippen LogP contribution >= 0.6 is 0 Å². The van der Waals surface area contributed by atoms with Crippen LogP contribution in [0.25, 0.3) is 10.9 Å². The molecular weight excluding hydrogens is 252 g/mol. The van der Waals surface area contributed by atoms with Gasteiger partial charge in [0.05, 0.1) is 12.6 Å². The maximum Gasteiger partial charge on any atom is 0.228 e. The summed E-state index contributed by atoms with van der Waals surface area (Å²) < 4.78 is 5.24. The van der Waals surface area contributed by atoms with Gasteiger partial charge in [-0.05, 0) is 42.7 Å². The fourth-order valence-corrected chi connectivity index (χ4v) is 2.66. The monoisotopic (exact) mass is 270 g/mol. The molecule has 0 aliphatic carbocycles. The van der Waals surface area contributed by atoms with Gasteiger partial charge in [0, 0.05) is 18.4 Å². The normalized spacial score (nSPS) is 13.6. The number of pyridine rings is 1. The van der Waals surface area contributed by atoms with E-state index in [4.69, 9.17) is 4.74 Å². The summed E-state index contributed by atoms with van der Waals surface area (Å²) in [6, 6.07) is 7.95. The van der Waals surface area contributed by atoms with Crippen LogP contribution in [0.15, 0.2) is 24.3 Å². The van der Waals surface area contributed by atoms with Crippen LogP contribution < -0.4 is 9.64 Å².